The van der Waals surface area contributed by atoms with Crippen molar-refractivity contribution in [1.29, 1.82) is 0 Å². The SMILES string of the molecule is CN(C)C(=O)CNC(=O)c1cc2c(F)cccc2s1. The van der Waals surface area contributed by atoms with Crippen molar-refractivity contribution in [2.24, 2.45) is 0 Å². The molecule has 2 aromatic rings. The van der Waals surface area contributed by atoms with E-state index in [0.29, 0.717) is 15.0 Å². The summed E-state index contributed by atoms with van der Waals surface area (Å²) in [6, 6.07) is 6.22. The van der Waals surface area contributed by atoms with Gasteiger partial charge in [0.2, 0.25) is 5.91 Å². The minimum Gasteiger partial charge on any atom is -0.347 e. The first-order valence-electron chi connectivity index (χ1n) is 5.65. The second-order valence-electron chi connectivity index (χ2n) is 4.23. The van der Waals surface area contributed by atoms with E-state index in [1.807, 2.05) is 0 Å². The van der Waals surface area contributed by atoms with Crippen LogP contribution in [0.25, 0.3) is 10.1 Å². The van der Waals surface area contributed by atoms with E-state index in [0.717, 1.165) is 0 Å². The third kappa shape index (κ3) is 2.90. The number of fused-ring (bicyclic) bond motifs is 1. The number of amides is 2. The van der Waals surface area contributed by atoms with Crippen molar-refractivity contribution >= 4 is 33.2 Å². The first-order valence-corrected chi connectivity index (χ1v) is 6.47. The van der Waals surface area contributed by atoms with Gasteiger partial charge in [0.25, 0.3) is 5.91 Å². The van der Waals surface area contributed by atoms with E-state index in [-0.39, 0.29) is 24.2 Å². The summed E-state index contributed by atoms with van der Waals surface area (Å²) in [6.07, 6.45) is 0. The quantitative estimate of drug-likeness (QED) is 0.933. The molecule has 0 aliphatic heterocycles. The number of nitrogens with one attached hydrogen (secondary N) is 1. The molecule has 4 nitrogen and oxygen atoms in total. The fourth-order valence-electron chi connectivity index (χ4n) is 1.54. The Morgan fingerprint density at radius 2 is 2.11 bits per heavy atom. The molecule has 1 aromatic carbocycles. The van der Waals surface area contributed by atoms with Gasteiger partial charge in [0.15, 0.2) is 0 Å². The lowest BCUT2D eigenvalue weighted by Gasteiger charge is -2.10. The highest BCUT2D eigenvalue weighted by Gasteiger charge is 2.13. The molecule has 0 spiro atoms. The van der Waals surface area contributed by atoms with Gasteiger partial charge >= 0.3 is 0 Å². The molecule has 0 saturated heterocycles. The van der Waals surface area contributed by atoms with Gasteiger partial charge in [-0.2, -0.15) is 0 Å². The largest absolute Gasteiger partial charge is 0.347 e. The van der Waals surface area contributed by atoms with Gasteiger partial charge in [0.1, 0.15) is 5.82 Å². The Morgan fingerprint density at radius 3 is 2.74 bits per heavy atom. The van der Waals surface area contributed by atoms with E-state index in [4.69, 9.17) is 0 Å². The van der Waals surface area contributed by atoms with Crippen LogP contribution in [0, 0.1) is 5.82 Å². The fraction of sp³-hybridized carbons (Fsp3) is 0.231. The molecular formula is C13H13FN2O2S. The summed E-state index contributed by atoms with van der Waals surface area (Å²) in [5, 5.41) is 2.95. The maximum atomic E-state index is 13.5. The summed E-state index contributed by atoms with van der Waals surface area (Å²) in [5.74, 6) is -0.909. The fourth-order valence-corrected chi connectivity index (χ4v) is 2.53. The van der Waals surface area contributed by atoms with E-state index in [1.165, 1.54) is 28.4 Å². The summed E-state index contributed by atoms with van der Waals surface area (Å²) >= 11 is 1.20. The highest BCUT2D eigenvalue weighted by molar-refractivity contribution is 7.20. The Kier molecular flexibility index (Phi) is 3.80. The Morgan fingerprint density at radius 1 is 1.37 bits per heavy atom. The van der Waals surface area contributed by atoms with E-state index in [1.54, 1.807) is 26.2 Å². The van der Waals surface area contributed by atoms with Crippen LogP contribution in [0.2, 0.25) is 0 Å². The predicted molar refractivity (Wildman–Crippen MR) is 72.8 cm³/mol. The molecular weight excluding hydrogens is 267 g/mol. The molecule has 1 aromatic heterocycles. The van der Waals surface area contributed by atoms with Crippen LogP contribution in [-0.4, -0.2) is 37.4 Å². The van der Waals surface area contributed by atoms with Gasteiger partial charge in [-0.15, -0.1) is 11.3 Å². The molecule has 0 radical (unpaired) electrons. The summed E-state index contributed by atoms with van der Waals surface area (Å²) in [7, 11) is 3.23. The number of hydrogen-bond donors (Lipinski definition) is 1. The number of hydrogen-bond acceptors (Lipinski definition) is 3. The summed E-state index contributed by atoms with van der Waals surface area (Å²) in [4.78, 5) is 25.0. The lowest BCUT2D eigenvalue weighted by molar-refractivity contribution is -0.127. The standard InChI is InChI=1S/C13H13FN2O2S/c1-16(2)12(17)7-15-13(18)11-6-8-9(14)4-3-5-10(8)19-11/h3-6H,7H2,1-2H3,(H,15,18). The van der Waals surface area contributed by atoms with Crippen molar-refractivity contribution in [1.82, 2.24) is 10.2 Å². The monoisotopic (exact) mass is 280 g/mol. The van der Waals surface area contributed by atoms with Gasteiger partial charge in [-0.1, -0.05) is 6.07 Å². The summed E-state index contributed by atoms with van der Waals surface area (Å²) in [5.41, 5.74) is 0. The normalized spacial score (nSPS) is 10.5. The van der Waals surface area contributed by atoms with Crippen molar-refractivity contribution in [2.45, 2.75) is 0 Å². The third-order valence-electron chi connectivity index (χ3n) is 2.63. The van der Waals surface area contributed by atoms with Crippen LogP contribution < -0.4 is 5.32 Å². The lowest BCUT2D eigenvalue weighted by atomic mass is 10.2. The highest BCUT2D eigenvalue weighted by Crippen LogP contribution is 2.27. The number of carbonyl (C=O) groups excluding carboxylic acids is 2. The van der Waals surface area contributed by atoms with Crippen LogP contribution in [0.4, 0.5) is 4.39 Å². The maximum Gasteiger partial charge on any atom is 0.261 e. The molecule has 0 saturated carbocycles. The molecule has 6 heteroatoms. The molecule has 0 atom stereocenters. The van der Waals surface area contributed by atoms with Crippen molar-refractivity contribution in [2.75, 3.05) is 20.6 Å². The minimum atomic E-state index is -0.365. The topological polar surface area (TPSA) is 49.4 Å². The number of halogens is 1. The molecule has 1 heterocycles. The van der Waals surface area contributed by atoms with Gasteiger partial charge in [-0.3, -0.25) is 9.59 Å². The maximum absolute atomic E-state index is 13.5. The van der Waals surface area contributed by atoms with Crippen LogP contribution in [0.1, 0.15) is 9.67 Å². The summed E-state index contributed by atoms with van der Waals surface area (Å²) in [6.45, 7) is -0.0669. The summed E-state index contributed by atoms with van der Waals surface area (Å²) < 4.78 is 14.2. The molecule has 2 rings (SSSR count). The highest BCUT2D eigenvalue weighted by atomic mass is 32.1. The van der Waals surface area contributed by atoms with Crippen molar-refractivity contribution in [3.05, 3.63) is 35.0 Å². The first-order chi connectivity index (χ1) is 8.99. The molecule has 2 amide bonds. The van der Waals surface area contributed by atoms with E-state index in [9.17, 15) is 14.0 Å². The second kappa shape index (κ2) is 5.36. The van der Waals surface area contributed by atoms with Crippen LogP contribution in [-0.2, 0) is 4.79 Å². The second-order valence-corrected chi connectivity index (χ2v) is 5.32. The zero-order chi connectivity index (χ0) is 14.0. The van der Waals surface area contributed by atoms with Crippen LogP contribution in [0.5, 0.6) is 0 Å². The zero-order valence-electron chi connectivity index (χ0n) is 10.6. The predicted octanol–water partition coefficient (Wildman–Crippen LogP) is 1.86. The Bertz CT molecular complexity index is 637. The Labute approximate surface area is 113 Å². The minimum absolute atomic E-state index is 0.0669. The van der Waals surface area contributed by atoms with Gasteiger partial charge in [-0.25, -0.2) is 4.39 Å². The zero-order valence-corrected chi connectivity index (χ0v) is 11.4. The van der Waals surface area contributed by atoms with Crippen LogP contribution >= 0.6 is 11.3 Å². The number of benzene rings is 1. The first kappa shape index (κ1) is 13.5. The molecule has 0 aliphatic rings. The number of carbonyl (C=O) groups is 2. The molecule has 0 aliphatic carbocycles. The van der Waals surface area contributed by atoms with Crippen LogP contribution in [0.3, 0.4) is 0 Å². The van der Waals surface area contributed by atoms with Gasteiger partial charge < -0.3 is 10.2 Å². The van der Waals surface area contributed by atoms with Gasteiger partial charge in [-0.05, 0) is 18.2 Å². The average Bonchev–Trinajstić information content (AvgIpc) is 2.80. The van der Waals surface area contributed by atoms with Crippen molar-refractivity contribution in [3.63, 3.8) is 0 Å². The lowest BCUT2D eigenvalue weighted by Crippen LogP contribution is -2.35. The van der Waals surface area contributed by atoms with E-state index >= 15 is 0 Å². The van der Waals surface area contributed by atoms with Crippen LogP contribution in [0.15, 0.2) is 24.3 Å². The number of thiophene rings is 1. The molecule has 19 heavy (non-hydrogen) atoms. The van der Waals surface area contributed by atoms with Gasteiger partial charge in [0, 0.05) is 24.2 Å². The smallest absolute Gasteiger partial charge is 0.261 e. The molecule has 1 N–H and O–H groups in total. The Hall–Kier alpha value is -1.95. The van der Waals surface area contributed by atoms with Gasteiger partial charge in [0.05, 0.1) is 11.4 Å². The third-order valence-corrected chi connectivity index (χ3v) is 3.73. The Balaban J connectivity index is 2.14. The molecule has 0 unspecified atom stereocenters. The van der Waals surface area contributed by atoms with Crippen molar-refractivity contribution < 1.29 is 14.0 Å². The average molecular weight is 280 g/mol. The number of nitrogens with zero attached hydrogens (tertiary/aromatic N) is 1. The number of rotatable bonds is 3. The van der Waals surface area contributed by atoms with E-state index < -0.39 is 0 Å². The molecule has 0 fully saturated rings. The molecule has 100 valence electrons. The number of likely N-dealkylation sites (N-methyl/N-ethyl adjacent to an activating group) is 1. The van der Waals surface area contributed by atoms with Crippen molar-refractivity contribution in [3.8, 4) is 0 Å². The molecule has 0 bridgehead atoms. The van der Waals surface area contributed by atoms with E-state index in [2.05, 4.69) is 5.32 Å².